The number of hydrogen-bond acceptors (Lipinski definition) is 3. The molecule has 1 aromatic carbocycles. The standard InChI is InChI=1S/C15H17N3O2/c19-15(16-11-12-5-3-10-20-12)13-6-1-2-7-14(13)18-9-4-8-17-18/h1-2,4,6-9,12H,3,5,10-11H2,(H,16,19)/t12-/m0/s1. The lowest BCUT2D eigenvalue weighted by atomic mass is 10.1. The number of rotatable bonds is 4. The first-order chi connectivity index (χ1) is 9.84. The molecule has 5 nitrogen and oxygen atoms in total. The van der Waals surface area contributed by atoms with Gasteiger partial charge in [-0.25, -0.2) is 4.68 Å². The van der Waals surface area contributed by atoms with E-state index in [2.05, 4.69) is 10.4 Å². The molecule has 0 spiro atoms. The van der Waals surface area contributed by atoms with E-state index in [4.69, 9.17) is 4.74 Å². The average molecular weight is 271 g/mol. The van der Waals surface area contributed by atoms with Crippen LogP contribution >= 0.6 is 0 Å². The van der Waals surface area contributed by atoms with E-state index < -0.39 is 0 Å². The zero-order valence-electron chi connectivity index (χ0n) is 11.2. The van der Waals surface area contributed by atoms with Gasteiger partial charge in [-0.2, -0.15) is 5.10 Å². The zero-order valence-corrected chi connectivity index (χ0v) is 11.2. The first-order valence-corrected chi connectivity index (χ1v) is 6.83. The predicted molar refractivity (Wildman–Crippen MR) is 74.9 cm³/mol. The third-order valence-corrected chi connectivity index (χ3v) is 3.41. The molecule has 5 heteroatoms. The molecular weight excluding hydrogens is 254 g/mol. The summed E-state index contributed by atoms with van der Waals surface area (Å²) in [5, 5.41) is 7.12. The molecule has 1 N–H and O–H groups in total. The Morgan fingerprint density at radius 1 is 1.40 bits per heavy atom. The van der Waals surface area contributed by atoms with Crippen molar-refractivity contribution >= 4 is 5.91 Å². The molecule has 1 aliphatic rings. The molecule has 0 aliphatic carbocycles. The Labute approximate surface area is 117 Å². The Bertz CT molecular complexity index is 575. The number of para-hydroxylation sites is 1. The van der Waals surface area contributed by atoms with Crippen molar-refractivity contribution < 1.29 is 9.53 Å². The molecule has 1 saturated heterocycles. The Kier molecular flexibility index (Phi) is 3.78. The van der Waals surface area contributed by atoms with Gasteiger partial charge in [0.2, 0.25) is 0 Å². The minimum Gasteiger partial charge on any atom is -0.376 e. The van der Waals surface area contributed by atoms with E-state index in [9.17, 15) is 4.79 Å². The fourth-order valence-electron chi connectivity index (χ4n) is 2.38. The lowest BCUT2D eigenvalue weighted by Gasteiger charge is -2.13. The van der Waals surface area contributed by atoms with Crippen LogP contribution in [0.25, 0.3) is 5.69 Å². The van der Waals surface area contributed by atoms with Crippen molar-refractivity contribution in [3.8, 4) is 5.69 Å². The summed E-state index contributed by atoms with van der Waals surface area (Å²) in [6.45, 7) is 1.36. The fraction of sp³-hybridized carbons (Fsp3) is 0.333. The van der Waals surface area contributed by atoms with Crippen LogP contribution in [-0.4, -0.2) is 34.9 Å². The van der Waals surface area contributed by atoms with Crippen molar-refractivity contribution in [2.75, 3.05) is 13.2 Å². The molecule has 104 valence electrons. The summed E-state index contributed by atoms with van der Waals surface area (Å²) in [4.78, 5) is 12.3. The monoisotopic (exact) mass is 271 g/mol. The molecule has 2 heterocycles. The van der Waals surface area contributed by atoms with Crippen molar-refractivity contribution in [3.05, 3.63) is 48.3 Å². The van der Waals surface area contributed by atoms with Crippen LogP contribution in [0.4, 0.5) is 0 Å². The number of nitrogens with one attached hydrogen (secondary N) is 1. The molecule has 20 heavy (non-hydrogen) atoms. The fourth-order valence-corrected chi connectivity index (χ4v) is 2.38. The molecule has 1 aliphatic heterocycles. The second-order valence-corrected chi connectivity index (χ2v) is 4.81. The van der Waals surface area contributed by atoms with Gasteiger partial charge in [0, 0.05) is 25.5 Å². The van der Waals surface area contributed by atoms with Crippen molar-refractivity contribution in [3.63, 3.8) is 0 Å². The predicted octanol–water partition coefficient (Wildman–Crippen LogP) is 1.78. The lowest BCUT2D eigenvalue weighted by molar-refractivity contribution is 0.0857. The van der Waals surface area contributed by atoms with Gasteiger partial charge in [-0.15, -0.1) is 0 Å². The maximum atomic E-state index is 12.3. The summed E-state index contributed by atoms with van der Waals surface area (Å²) in [6, 6.07) is 9.28. The zero-order chi connectivity index (χ0) is 13.8. The Balaban J connectivity index is 1.74. The number of amides is 1. The van der Waals surface area contributed by atoms with Crippen LogP contribution in [0.1, 0.15) is 23.2 Å². The topological polar surface area (TPSA) is 56.1 Å². The van der Waals surface area contributed by atoms with Gasteiger partial charge in [-0.05, 0) is 31.0 Å². The highest BCUT2D eigenvalue weighted by atomic mass is 16.5. The van der Waals surface area contributed by atoms with Crippen LogP contribution in [0, 0.1) is 0 Å². The minimum absolute atomic E-state index is 0.0911. The van der Waals surface area contributed by atoms with Gasteiger partial charge in [0.15, 0.2) is 0 Å². The van der Waals surface area contributed by atoms with E-state index >= 15 is 0 Å². The molecule has 0 bridgehead atoms. The number of carbonyl (C=O) groups excluding carboxylic acids is 1. The van der Waals surface area contributed by atoms with Crippen molar-refractivity contribution in [1.82, 2.24) is 15.1 Å². The average Bonchev–Trinajstić information content (AvgIpc) is 3.18. The van der Waals surface area contributed by atoms with E-state index in [1.54, 1.807) is 10.9 Å². The largest absolute Gasteiger partial charge is 0.376 e. The summed E-state index contributed by atoms with van der Waals surface area (Å²) in [7, 11) is 0. The highest BCUT2D eigenvalue weighted by molar-refractivity contribution is 5.97. The van der Waals surface area contributed by atoms with Gasteiger partial charge in [0.25, 0.3) is 5.91 Å². The second kappa shape index (κ2) is 5.88. The molecule has 0 saturated carbocycles. The summed E-state index contributed by atoms with van der Waals surface area (Å²) < 4.78 is 7.20. The normalized spacial score (nSPS) is 18.1. The van der Waals surface area contributed by atoms with Crippen LogP contribution in [0.5, 0.6) is 0 Å². The second-order valence-electron chi connectivity index (χ2n) is 4.81. The van der Waals surface area contributed by atoms with Crippen LogP contribution in [0.15, 0.2) is 42.7 Å². The maximum Gasteiger partial charge on any atom is 0.253 e. The van der Waals surface area contributed by atoms with E-state index in [0.29, 0.717) is 12.1 Å². The Hall–Kier alpha value is -2.14. The first kappa shape index (κ1) is 12.9. The van der Waals surface area contributed by atoms with Crippen molar-refractivity contribution in [2.45, 2.75) is 18.9 Å². The summed E-state index contributed by atoms with van der Waals surface area (Å²) in [5.74, 6) is -0.0911. The van der Waals surface area contributed by atoms with E-state index in [1.165, 1.54) is 0 Å². The number of nitrogens with zero attached hydrogens (tertiary/aromatic N) is 2. The minimum atomic E-state index is -0.0911. The Morgan fingerprint density at radius 3 is 3.05 bits per heavy atom. The van der Waals surface area contributed by atoms with Crippen molar-refractivity contribution in [1.29, 1.82) is 0 Å². The van der Waals surface area contributed by atoms with Crippen LogP contribution in [0.3, 0.4) is 0 Å². The third kappa shape index (κ3) is 2.72. The quantitative estimate of drug-likeness (QED) is 0.922. The maximum absolute atomic E-state index is 12.3. The van der Waals surface area contributed by atoms with Gasteiger partial charge in [0.1, 0.15) is 0 Å². The highest BCUT2D eigenvalue weighted by Crippen LogP contribution is 2.14. The van der Waals surface area contributed by atoms with Crippen LogP contribution in [-0.2, 0) is 4.74 Å². The molecule has 1 fully saturated rings. The molecule has 1 atom stereocenters. The van der Waals surface area contributed by atoms with Crippen LogP contribution < -0.4 is 5.32 Å². The number of aromatic nitrogens is 2. The van der Waals surface area contributed by atoms with Gasteiger partial charge < -0.3 is 10.1 Å². The molecule has 0 radical (unpaired) electrons. The lowest BCUT2D eigenvalue weighted by Crippen LogP contribution is -2.32. The van der Waals surface area contributed by atoms with E-state index in [1.807, 2.05) is 36.5 Å². The molecular formula is C15H17N3O2. The van der Waals surface area contributed by atoms with Gasteiger partial charge in [-0.3, -0.25) is 4.79 Å². The van der Waals surface area contributed by atoms with E-state index in [-0.39, 0.29) is 12.0 Å². The Morgan fingerprint density at radius 2 is 2.30 bits per heavy atom. The molecule has 3 rings (SSSR count). The van der Waals surface area contributed by atoms with Crippen molar-refractivity contribution in [2.24, 2.45) is 0 Å². The SMILES string of the molecule is O=C(NC[C@@H]1CCCO1)c1ccccc1-n1cccn1. The molecule has 1 amide bonds. The highest BCUT2D eigenvalue weighted by Gasteiger charge is 2.18. The van der Waals surface area contributed by atoms with Gasteiger partial charge in [0.05, 0.1) is 17.4 Å². The smallest absolute Gasteiger partial charge is 0.253 e. The van der Waals surface area contributed by atoms with Crippen LogP contribution in [0.2, 0.25) is 0 Å². The molecule has 2 aromatic rings. The number of carbonyl (C=O) groups is 1. The first-order valence-electron chi connectivity index (χ1n) is 6.83. The summed E-state index contributed by atoms with van der Waals surface area (Å²) in [6.07, 6.45) is 5.76. The number of hydrogen-bond donors (Lipinski definition) is 1. The van der Waals surface area contributed by atoms with Gasteiger partial charge in [-0.1, -0.05) is 12.1 Å². The number of benzene rings is 1. The van der Waals surface area contributed by atoms with Gasteiger partial charge >= 0.3 is 0 Å². The number of ether oxygens (including phenoxy) is 1. The summed E-state index contributed by atoms with van der Waals surface area (Å²) >= 11 is 0. The molecule has 0 unspecified atom stereocenters. The summed E-state index contributed by atoms with van der Waals surface area (Å²) in [5.41, 5.74) is 1.40. The third-order valence-electron chi connectivity index (χ3n) is 3.41. The molecule has 1 aromatic heterocycles. The van der Waals surface area contributed by atoms with E-state index in [0.717, 1.165) is 25.1 Å².